The molecule has 9 nitrogen and oxygen atoms in total. The highest BCUT2D eigenvalue weighted by molar-refractivity contribution is 5.83. The number of methoxy groups -OCH3 is 2. The first-order valence-electron chi connectivity index (χ1n) is 14.0. The van der Waals surface area contributed by atoms with Crippen molar-refractivity contribution in [2.45, 2.75) is 79.4 Å². The Morgan fingerprint density at radius 2 is 1.69 bits per heavy atom. The quantitative estimate of drug-likeness (QED) is 0.193. The van der Waals surface area contributed by atoms with Crippen LogP contribution in [0.2, 0.25) is 0 Å². The van der Waals surface area contributed by atoms with E-state index in [9.17, 15) is 14.7 Å². The van der Waals surface area contributed by atoms with Crippen molar-refractivity contribution in [2.24, 2.45) is 40.6 Å². The number of aliphatic hydroxyl groups excluding tert-OH is 1. The maximum Gasteiger partial charge on any atom is 0.224 e. The molecule has 1 aromatic carbocycles. The smallest absolute Gasteiger partial charge is 0.224 e. The Balaban J connectivity index is 2.87. The van der Waals surface area contributed by atoms with Crippen LogP contribution in [0.1, 0.15) is 66.4 Å². The van der Waals surface area contributed by atoms with E-state index in [-0.39, 0.29) is 30.7 Å². The highest BCUT2D eigenvalue weighted by Crippen LogP contribution is 2.32. The second-order valence-corrected chi connectivity index (χ2v) is 11.9. The summed E-state index contributed by atoms with van der Waals surface area (Å²) in [5.41, 5.74) is 12.2. The number of benzene rings is 1. The lowest BCUT2D eigenvalue weighted by Gasteiger charge is -2.30. The molecule has 9 heteroatoms. The predicted octanol–water partition coefficient (Wildman–Crippen LogP) is 3.29. The molecule has 39 heavy (non-hydrogen) atoms. The molecule has 1 rings (SSSR count). The van der Waals surface area contributed by atoms with Crippen molar-refractivity contribution in [3.05, 3.63) is 23.8 Å². The Morgan fingerprint density at radius 3 is 2.23 bits per heavy atom. The van der Waals surface area contributed by atoms with E-state index < -0.39 is 29.4 Å². The zero-order chi connectivity index (χ0) is 29.8. The molecule has 0 saturated carbocycles. The number of aliphatic hydroxyl groups is 1. The van der Waals surface area contributed by atoms with E-state index in [1.54, 1.807) is 28.1 Å². The van der Waals surface area contributed by atoms with E-state index >= 15 is 0 Å². The molecular weight excluding hydrogens is 498 g/mol. The number of nitrogens with one attached hydrogen (secondary N) is 1. The van der Waals surface area contributed by atoms with Crippen LogP contribution in [0.25, 0.3) is 0 Å². The van der Waals surface area contributed by atoms with Gasteiger partial charge >= 0.3 is 0 Å². The number of hydrogen-bond acceptors (Lipinski definition) is 7. The largest absolute Gasteiger partial charge is 0.493 e. The molecule has 0 heterocycles. The molecule has 0 aliphatic heterocycles. The minimum absolute atomic E-state index is 0.00829. The van der Waals surface area contributed by atoms with Gasteiger partial charge in [0.2, 0.25) is 11.8 Å². The summed E-state index contributed by atoms with van der Waals surface area (Å²) >= 11 is 0. The Hall–Kier alpha value is -2.36. The van der Waals surface area contributed by atoms with Gasteiger partial charge in [-0.1, -0.05) is 33.8 Å². The third-order valence-corrected chi connectivity index (χ3v) is 7.50. The Labute approximate surface area is 235 Å². The van der Waals surface area contributed by atoms with Gasteiger partial charge in [0.05, 0.1) is 25.2 Å². The molecule has 3 unspecified atom stereocenters. The first kappa shape index (κ1) is 34.7. The molecule has 6 N–H and O–H groups in total. The van der Waals surface area contributed by atoms with Crippen LogP contribution in [0.3, 0.4) is 0 Å². The lowest BCUT2D eigenvalue weighted by atomic mass is 9.80. The van der Waals surface area contributed by atoms with Crippen molar-refractivity contribution in [3.63, 3.8) is 0 Å². The Morgan fingerprint density at radius 1 is 1.03 bits per heavy atom. The second kappa shape index (κ2) is 16.7. The number of ether oxygens (including phenoxy) is 3. The third-order valence-electron chi connectivity index (χ3n) is 7.50. The van der Waals surface area contributed by atoms with E-state index in [4.69, 9.17) is 25.7 Å². The summed E-state index contributed by atoms with van der Waals surface area (Å²) in [7, 11) is 3.29. The van der Waals surface area contributed by atoms with Crippen LogP contribution in [-0.4, -0.2) is 63.0 Å². The fourth-order valence-corrected chi connectivity index (χ4v) is 4.39. The maximum atomic E-state index is 12.9. The van der Waals surface area contributed by atoms with Gasteiger partial charge in [0.1, 0.15) is 0 Å². The van der Waals surface area contributed by atoms with Gasteiger partial charge in [0.15, 0.2) is 11.5 Å². The number of nitrogens with two attached hydrogens (primary N) is 2. The van der Waals surface area contributed by atoms with Crippen LogP contribution in [0.4, 0.5) is 0 Å². The van der Waals surface area contributed by atoms with Gasteiger partial charge in [0, 0.05) is 38.6 Å². The summed E-state index contributed by atoms with van der Waals surface area (Å²) in [6, 6.07) is 5.47. The van der Waals surface area contributed by atoms with E-state index in [2.05, 4.69) is 19.2 Å². The molecule has 2 amide bonds. The zero-order valence-electron chi connectivity index (χ0n) is 25.3. The van der Waals surface area contributed by atoms with Crippen molar-refractivity contribution < 1.29 is 28.9 Å². The molecule has 224 valence electrons. The molecular formula is C30H53N3O6. The number of amides is 2. The van der Waals surface area contributed by atoms with E-state index in [0.717, 1.165) is 18.4 Å². The predicted molar refractivity (Wildman–Crippen MR) is 155 cm³/mol. The van der Waals surface area contributed by atoms with E-state index in [0.29, 0.717) is 37.1 Å². The van der Waals surface area contributed by atoms with Gasteiger partial charge in [-0.05, 0) is 68.6 Å². The van der Waals surface area contributed by atoms with Crippen LogP contribution in [0.15, 0.2) is 18.2 Å². The summed E-state index contributed by atoms with van der Waals surface area (Å²) in [6.45, 7) is 12.9. The molecule has 0 spiro atoms. The lowest BCUT2D eigenvalue weighted by molar-refractivity contribution is -0.130. The van der Waals surface area contributed by atoms with Crippen molar-refractivity contribution in [1.82, 2.24) is 5.32 Å². The molecule has 0 aliphatic rings. The highest BCUT2D eigenvalue weighted by Gasteiger charge is 2.32. The molecule has 0 aliphatic carbocycles. The lowest BCUT2D eigenvalue weighted by Crippen LogP contribution is -2.46. The summed E-state index contributed by atoms with van der Waals surface area (Å²) < 4.78 is 16.5. The zero-order valence-corrected chi connectivity index (χ0v) is 25.3. The normalized spacial score (nSPS) is 15.1. The van der Waals surface area contributed by atoms with E-state index in [1.165, 1.54) is 0 Å². The van der Waals surface area contributed by atoms with Crippen molar-refractivity contribution in [3.8, 4) is 11.5 Å². The fourth-order valence-electron chi connectivity index (χ4n) is 4.39. The van der Waals surface area contributed by atoms with Gasteiger partial charge in [-0.2, -0.15) is 0 Å². The monoisotopic (exact) mass is 551 g/mol. The molecule has 0 saturated heterocycles. The highest BCUT2D eigenvalue weighted by atomic mass is 16.5. The minimum Gasteiger partial charge on any atom is -0.493 e. The summed E-state index contributed by atoms with van der Waals surface area (Å²) in [5, 5.41) is 13.9. The summed E-state index contributed by atoms with van der Waals surface area (Å²) in [4.78, 5) is 24.5. The molecule has 0 fully saturated rings. The fraction of sp³-hybridized carbons (Fsp3) is 0.733. The second-order valence-electron chi connectivity index (χ2n) is 11.9. The van der Waals surface area contributed by atoms with Gasteiger partial charge in [0.25, 0.3) is 0 Å². The SMILES string of the molecule is COCCCOc1cc(CC(C[C@H](N)C(O)CC(C(=O)NCC(C)(C)C(N)=O)C(C)C)C(C)C)ccc1OC. The van der Waals surface area contributed by atoms with Crippen molar-refractivity contribution in [2.75, 3.05) is 34.0 Å². The minimum atomic E-state index is -0.854. The van der Waals surface area contributed by atoms with Gasteiger partial charge < -0.3 is 36.1 Å². The average Bonchev–Trinajstić information content (AvgIpc) is 2.87. The van der Waals surface area contributed by atoms with Crippen LogP contribution in [0.5, 0.6) is 11.5 Å². The molecule has 0 aromatic heterocycles. The number of rotatable bonds is 19. The summed E-state index contributed by atoms with van der Waals surface area (Å²) in [5.74, 6) is 0.792. The number of carbonyl (C=O) groups excluding carboxylic acids is 2. The molecule has 1 aromatic rings. The van der Waals surface area contributed by atoms with E-state index in [1.807, 2.05) is 32.0 Å². The van der Waals surface area contributed by atoms with Crippen molar-refractivity contribution >= 4 is 11.8 Å². The molecule has 4 atom stereocenters. The Bertz CT molecular complexity index is 889. The third kappa shape index (κ3) is 11.7. The number of primary amides is 1. The van der Waals surface area contributed by atoms with Crippen LogP contribution < -0.4 is 26.3 Å². The first-order chi connectivity index (χ1) is 18.2. The average molecular weight is 552 g/mol. The van der Waals surface area contributed by atoms with Crippen LogP contribution >= 0.6 is 0 Å². The molecule has 0 bridgehead atoms. The topological polar surface area (TPSA) is 146 Å². The maximum absolute atomic E-state index is 12.9. The van der Waals surface area contributed by atoms with Gasteiger partial charge in [-0.25, -0.2) is 0 Å². The van der Waals surface area contributed by atoms with Crippen LogP contribution in [-0.2, 0) is 20.7 Å². The number of hydrogen-bond donors (Lipinski definition) is 4. The van der Waals surface area contributed by atoms with Crippen LogP contribution in [0, 0.1) is 29.1 Å². The first-order valence-corrected chi connectivity index (χ1v) is 14.0. The van der Waals surface area contributed by atoms with Crippen molar-refractivity contribution in [1.29, 1.82) is 0 Å². The van der Waals surface area contributed by atoms with Gasteiger partial charge in [-0.3, -0.25) is 9.59 Å². The Kier molecular flexibility index (Phi) is 14.8. The van der Waals surface area contributed by atoms with Gasteiger partial charge in [-0.15, -0.1) is 0 Å². The number of carbonyl (C=O) groups is 2. The molecule has 0 radical (unpaired) electrons. The standard InChI is InChI=1S/C30H53N3O6/c1-19(2)22(14-21-10-11-26(38-8)27(15-21)39-13-9-12-37-7)16-24(31)25(34)17-23(20(3)4)28(35)33-18-30(5,6)29(32)36/h10-11,15,19-20,22-25,34H,9,12-14,16-18,31H2,1-8H3,(H2,32,36)(H,33,35)/t22?,23?,24-,25?/m0/s1. The summed E-state index contributed by atoms with van der Waals surface area (Å²) in [6.07, 6.45) is 1.56.